The maximum atomic E-state index is 12.8. The van der Waals surface area contributed by atoms with Crippen LogP contribution in [0.4, 0.5) is 0 Å². The summed E-state index contributed by atoms with van der Waals surface area (Å²) in [6, 6.07) is 11.8. The lowest BCUT2D eigenvalue weighted by Crippen LogP contribution is -2.38. The molecular weight excluding hydrogens is 354 g/mol. The van der Waals surface area contributed by atoms with Crippen molar-refractivity contribution < 1.29 is 4.79 Å². The molecule has 1 aromatic carbocycles. The van der Waals surface area contributed by atoms with Gasteiger partial charge in [0.1, 0.15) is 11.4 Å². The number of amides is 1. The number of hydrogen-bond donors (Lipinski definition) is 2. The molecule has 28 heavy (non-hydrogen) atoms. The number of hydrogen-bond acceptors (Lipinski definition) is 4. The number of aromatic nitrogens is 6. The summed E-state index contributed by atoms with van der Waals surface area (Å²) in [4.78, 5) is 22.6. The number of carbonyl (C=O) groups is 1. The maximum Gasteiger partial charge on any atom is 0.274 e. The molecule has 142 valence electrons. The van der Waals surface area contributed by atoms with E-state index in [-0.39, 0.29) is 5.91 Å². The standard InChI is InChI=1S/C20H21N7O/c1-12(2)16-10-18(24-23-16)20(28)26-7-8-27-13(11-26)9-17(25-27)19-21-14-5-3-4-6-15(14)22-19/h3-6,9-10,12H,7-8,11H2,1-2H3,(H,21,22)(H,23,24). The van der Waals surface area contributed by atoms with E-state index in [1.54, 1.807) is 0 Å². The number of rotatable bonds is 3. The molecule has 0 radical (unpaired) electrons. The minimum Gasteiger partial charge on any atom is -0.337 e. The van der Waals surface area contributed by atoms with Gasteiger partial charge < -0.3 is 9.88 Å². The third-order valence-corrected chi connectivity index (χ3v) is 5.16. The summed E-state index contributed by atoms with van der Waals surface area (Å²) in [7, 11) is 0. The van der Waals surface area contributed by atoms with Gasteiger partial charge in [0.2, 0.25) is 0 Å². The molecule has 0 saturated carbocycles. The highest BCUT2D eigenvalue weighted by molar-refractivity contribution is 5.92. The van der Waals surface area contributed by atoms with E-state index in [0.717, 1.165) is 33.9 Å². The number of nitrogens with one attached hydrogen (secondary N) is 2. The Morgan fingerprint density at radius 2 is 2.04 bits per heavy atom. The SMILES string of the molecule is CC(C)c1cc(C(=O)N2CCn3nc(-c4nc5ccccc5[nH]4)cc3C2)n[nH]1. The molecule has 4 aromatic rings. The largest absolute Gasteiger partial charge is 0.337 e. The zero-order chi connectivity index (χ0) is 19.3. The smallest absolute Gasteiger partial charge is 0.274 e. The number of para-hydroxylation sites is 2. The third-order valence-electron chi connectivity index (χ3n) is 5.16. The lowest BCUT2D eigenvalue weighted by Gasteiger charge is -2.26. The first-order chi connectivity index (χ1) is 13.6. The normalized spacial score (nSPS) is 14.0. The van der Waals surface area contributed by atoms with E-state index in [4.69, 9.17) is 0 Å². The molecule has 0 aliphatic carbocycles. The number of benzene rings is 1. The van der Waals surface area contributed by atoms with Crippen molar-refractivity contribution in [3.05, 3.63) is 53.5 Å². The Labute approximate surface area is 161 Å². The number of fused-ring (bicyclic) bond motifs is 2. The number of carbonyl (C=O) groups excluding carboxylic acids is 1. The monoisotopic (exact) mass is 375 g/mol. The Hall–Kier alpha value is -3.42. The van der Waals surface area contributed by atoms with Crippen LogP contribution in [0.15, 0.2) is 36.4 Å². The predicted molar refractivity (Wildman–Crippen MR) is 105 cm³/mol. The van der Waals surface area contributed by atoms with Gasteiger partial charge in [-0.2, -0.15) is 10.2 Å². The van der Waals surface area contributed by atoms with Crippen LogP contribution in [0.25, 0.3) is 22.6 Å². The predicted octanol–water partition coefficient (Wildman–Crippen LogP) is 2.93. The highest BCUT2D eigenvalue weighted by Gasteiger charge is 2.26. The van der Waals surface area contributed by atoms with E-state index in [2.05, 4.69) is 39.1 Å². The van der Waals surface area contributed by atoms with Crippen LogP contribution in [0.2, 0.25) is 0 Å². The van der Waals surface area contributed by atoms with Gasteiger partial charge in [-0.25, -0.2) is 4.98 Å². The average Bonchev–Trinajstić information content (AvgIpc) is 3.43. The van der Waals surface area contributed by atoms with Crippen LogP contribution in [-0.2, 0) is 13.1 Å². The summed E-state index contributed by atoms with van der Waals surface area (Å²) in [6.45, 7) is 5.91. The van der Waals surface area contributed by atoms with E-state index in [0.29, 0.717) is 31.2 Å². The summed E-state index contributed by atoms with van der Waals surface area (Å²) < 4.78 is 1.95. The lowest BCUT2D eigenvalue weighted by atomic mass is 10.1. The summed E-state index contributed by atoms with van der Waals surface area (Å²) in [5.41, 5.74) is 5.13. The molecule has 8 nitrogen and oxygen atoms in total. The van der Waals surface area contributed by atoms with Crippen LogP contribution < -0.4 is 0 Å². The lowest BCUT2D eigenvalue weighted by molar-refractivity contribution is 0.0700. The molecule has 0 spiro atoms. The minimum absolute atomic E-state index is 0.0547. The number of H-pyrrole nitrogens is 2. The molecule has 0 atom stereocenters. The van der Waals surface area contributed by atoms with Crippen molar-refractivity contribution in [2.45, 2.75) is 32.9 Å². The van der Waals surface area contributed by atoms with Crippen molar-refractivity contribution in [1.29, 1.82) is 0 Å². The van der Waals surface area contributed by atoms with Gasteiger partial charge in [-0.05, 0) is 30.2 Å². The first-order valence-corrected chi connectivity index (χ1v) is 9.45. The van der Waals surface area contributed by atoms with Crippen LogP contribution in [0.5, 0.6) is 0 Å². The molecule has 8 heteroatoms. The Morgan fingerprint density at radius 3 is 2.82 bits per heavy atom. The first-order valence-electron chi connectivity index (χ1n) is 9.45. The third kappa shape index (κ3) is 2.77. The van der Waals surface area contributed by atoms with Crippen LogP contribution >= 0.6 is 0 Å². The van der Waals surface area contributed by atoms with Gasteiger partial charge in [-0.1, -0.05) is 26.0 Å². The van der Waals surface area contributed by atoms with Crippen molar-refractivity contribution in [2.75, 3.05) is 6.54 Å². The maximum absolute atomic E-state index is 12.8. The fraction of sp³-hybridized carbons (Fsp3) is 0.300. The molecule has 1 amide bonds. The number of imidazole rings is 1. The molecule has 3 aromatic heterocycles. The van der Waals surface area contributed by atoms with E-state index >= 15 is 0 Å². The summed E-state index contributed by atoms with van der Waals surface area (Å²) in [5.74, 6) is 0.999. The Bertz CT molecular complexity index is 1130. The minimum atomic E-state index is -0.0547. The highest BCUT2D eigenvalue weighted by atomic mass is 16.2. The number of nitrogens with zero attached hydrogens (tertiary/aromatic N) is 5. The van der Waals surface area contributed by atoms with Gasteiger partial charge in [0.05, 0.1) is 29.8 Å². The van der Waals surface area contributed by atoms with Crippen LogP contribution in [0, 0.1) is 0 Å². The molecule has 0 unspecified atom stereocenters. The molecule has 2 N–H and O–H groups in total. The Morgan fingerprint density at radius 1 is 1.18 bits per heavy atom. The van der Waals surface area contributed by atoms with Crippen LogP contribution in [0.3, 0.4) is 0 Å². The second-order valence-electron chi connectivity index (χ2n) is 7.44. The molecule has 1 aliphatic heterocycles. The average molecular weight is 375 g/mol. The van der Waals surface area contributed by atoms with Crippen molar-refractivity contribution in [1.82, 2.24) is 34.8 Å². The summed E-state index contributed by atoms with van der Waals surface area (Å²) in [5, 5.41) is 11.8. The second kappa shape index (κ2) is 6.33. The van der Waals surface area contributed by atoms with Crippen molar-refractivity contribution in [2.24, 2.45) is 0 Å². The molecule has 0 fully saturated rings. The highest BCUT2D eigenvalue weighted by Crippen LogP contribution is 2.23. The second-order valence-corrected chi connectivity index (χ2v) is 7.44. The van der Waals surface area contributed by atoms with Crippen molar-refractivity contribution in [3.8, 4) is 11.5 Å². The number of aromatic amines is 2. The molecule has 1 aliphatic rings. The van der Waals surface area contributed by atoms with Crippen LogP contribution in [0.1, 0.15) is 41.6 Å². The topological polar surface area (TPSA) is 95.5 Å². The van der Waals surface area contributed by atoms with Crippen molar-refractivity contribution in [3.63, 3.8) is 0 Å². The summed E-state index contributed by atoms with van der Waals surface area (Å²) >= 11 is 0. The fourth-order valence-corrected chi connectivity index (χ4v) is 3.53. The van der Waals surface area contributed by atoms with Gasteiger partial charge in [-0.3, -0.25) is 14.6 Å². The van der Waals surface area contributed by atoms with Gasteiger partial charge in [0.15, 0.2) is 5.82 Å². The summed E-state index contributed by atoms with van der Waals surface area (Å²) in [6.07, 6.45) is 0. The van der Waals surface area contributed by atoms with Gasteiger partial charge in [0.25, 0.3) is 5.91 Å². The first kappa shape index (κ1) is 16.7. The Balaban J connectivity index is 1.39. The molecule has 5 rings (SSSR count). The quantitative estimate of drug-likeness (QED) is 0.575. The van der Waals surface area contributed by atoms with Crippen LogP contribution in [-0.4, -0.2) is 47.3 Å². The van der Waals surface area contributed by atoms with E-state index in [1.807, 2.05) is 46.0 Å². The Kier molecular flexibility index (Phi) is 3.78. The molecule has 4 heterocycles. The van der Waals surface area contributed by atoms with Gasteiger partial charge in [-0.15, -0.1) is 0 Å². The molecule has 0 bridgehead atoms. The van der Waals surface area contributed by atoms with E-state index in [1.165, 1.54) is 0 Å². The van der Waals surface area contributed by atoms with E-state index < -0.39 is 0 Å². The van der Waals surface area contributed by atoms with Crippen molar-refractivity contribution >= 4 is 16.9 Å². The van der Waals surface area contributed by atoms with E-state index in [9.17, 15) is 4.79 Å². The fourth-order valence-electron chi connectivity index (χ4n) is 3.53. The van der Waals surface area contributed by atoms with Gasteiger partial charge >= 0.3 is 0 Å². The molecular formula is C20H21N7O. The zero-order valence-electron chi connectivity index (χ0n) is 15.8. The zero-order valence-corrected chi connectivity index (χ0v) is 15.8. The van der Waals surface area contributed by atoms with Gasteiger partial charge in [0, 0.05) is 12.2 Å². The molecule has 0 saturated heterocycles.